The third kappa shape index (κ3) is 7.76. The third-order valence-electron chi connectivity index (χ3n) is 18.0. The molecule has 87 heavy (non-hydrogen) atoms. The molecule has 0 N–H and O–H groups in total. The van der Waals surface area contributed by atoms with E-state index in [1.165, 1.54) is 41.1 Å². The quantitative estimate of drug-likeness (QED) is 0.134. The minimum atomic E-state index is -0.173. The summed E-state index contributed by atoms with van der Waals surface area (Å²) in [5, 5.41) is 2.59. The van der Waals surface area contributed by atoms with Crippen LogP contribution in [-0.4, -0.2) is 27.9 Å². The molecular formula is C78H51B2N5OSe. The molecule has 4 aliphatic rings. The van der Waals surface area contributed by atoms with Gasteiger partial charge in [0.25, 0.3) is 0 Å². The van der Waals surface area contributed by atoms with Crippen LogP contribution in [0.15, 0.2) is 309 Å². The first-order valence-electron chi connectivity index (χ1n) is 29.8. The summed E-state index contributed by atoms with van der Waals surface area (Å²) in [6.45, 7) is -0.339. The van der Waals surface area contributed by atoms with Gasteiger partial charge in [0, 0.05) is 17.1 Å². The fourth-order valence-corrected chi connectivity index (χ4v) is 16.8. The van der Waals surface area contributed by atoms with Gasteiger partial charge in [-0.05, 0) is 36.4 Å². The van der Waals surface area contributed by atoms with Gasteiger partial charge < -0.3 is 0 Å². The van der Waals surface area contributed by atoms with E-state index in [4.69, 9.17) is 4.74 Å². The number of hydrogen-bond acceptors (Lipinski definition) is 6. The van der Waals surface area contributed by atoms with E-state index in [-0.39, 0.29) is 27.9 Å². The molecular weight excluding hydrogens is 1120 g/mol. The van der Waals surface area contributed by atoms with Crippen LogP contribution in [0.1, 0.15) is 0 Å². The first-order valence-corrected chi connectivity index (χ1v) is 31.5. The first-order chi connectivity index (χ1) is 43.2. The van der Waals surface area contributed by atoms with Gasteiger partial charge in [0.2, 0.25) is 0 Å². The predicted molar refractivity (Wildman–Crippen MR) is 368 cm³/mol. The molecule has 0 atom stereocenters. The fraction of sp³-hybridized carbons (Fsp3) is 0. The number of hydrogen-bond donors (Lipinski definition) is 0. The molecule has 0 fully saturated rings. The maximum atomic E-state index is 7.81. The van der Waals surface area contributed by atoms with Gasteiger partial charge in [-0.1, -0.05) is 60.7 Å². The molecule has 0 saturated carbocycles. The largest absolute Gasteiger partial charge is 0.0602 e. The molecule has 0 radical (unpaired) electrons. The van der Waals surface area contributed by atoms with E-state index >= 15 is 0 Å². The average molecular weight is 1170 g/mol. The second-order valence-electron chi connectivity index (χ2n) is 22.7. The Balaban J connectivity index is 0.952. The molecule has 0 aliphatic carbocycles. The summed E-state index contributed by atoms with van der Waals surface area (Å²) in [4.78, 5) is 12.4. The van der Waals surface area contributed by atoms with E-state index in [1.807, 2.05) is 0 Å². The van der Waals surface area contributed by atoms with Crippen LogP contribution in [0.5, 0.6) is 11.5 Å². The Bertz CT molecular complexity index is 4940. The van der Waals surface area contributed by atoms with Crippen LogP contribution < -0.4 is 62.0 Å². The van der Waals surface area contributed by atoms with Gasteiger partial charge in [-0.3, -0.25) is 0 Å². The SMILES string of the molecule is c1ccc(N(c2ccccc2)c2cc3c4c(c2)N(c2ccccc2)c2ccccc2B4c2cc4c(cc2O3)N(c2cccc3[se]c5ccccc5c23)c2cc(N(c3ccccc3)c3ccccc3)cc3c2B4c2ccccc2N3c2ccccc2)cc1. The van der Waals surface area contributed by atoms with Crippen LogP contribution in [0.25, 0.3) is 19.3 Å². The second kappa shape index (κ2) is 20.0. The number of fused-ring (bicyclic) bond motifs is 11. The Kier molecular flexibility index (Phi) is 11.4. The third-order valence-corrected chi connectivity index (χ3v) is 20.4. The van der Waals surface area contributed by atoms with E-state index in [1.54, 1.807) is 0 Å². The number of ether oxygens (including phenoxy) is 1. The van der Waals surface area contributed by atoms with Crippen molar-refractivity contribution in [1.82, 2.24) is 0 Å². The van der Waals surface area contributed by atoms with Crippen molar-refractivity contribution in [2.24, 2.45) is 0 Å². The Morgan fingerprint density at radius 2 is 0.701 bits per heavy atom. The van der Waals surface area contributed by atoms with Gasteiger partial charge in [-0.25, -0.2) is 0 Å². The van der Waals surface area contributed by atoms with Gasteiger partial charge in [-0.15, -0.1) is 0 Å². The summed E-state index contributed by atoms with van der Waals surface area (Å²) in [6.07, 6.45) is 0. The van der Waals surface area contributed by atoms with Gasteiger partial charge in [0.15, 0.2) is 0 Å². The van der Waals surface area contributed by atoms with Crippen molar-refractivity contribution in [3.63, 3.8) is 0 Å². The molecule has 9 heteroatoms. The minimum Gasteiger partial charge on any atom is -0.0602 e. The Labute approximate surface area is 512 Å². The molecule has 14 aromatic rings. The van der Waals surface area contributed by atoms with Crippen molar-refractivity contribution in [3.8, 4) is 11.5 Å². The predicted octanol–water partition coefficient (Wildman–Crippen LogP) is 16.5. The van der Waals surface area contributed by atoms with Crippen LogP contribution in [-0.2, 0) is 0 Å². The number of benzene rings is 13. The molecule has 4 aliphatic heterocycles. The van der Waals surface area contributed by atoms with Gasteiger partial charge in [-0.2, -0.15) is 0 Å². The van der Waals surface area contributed by atoms with Crippen LogP contribution in [0.2, 0.25) is 0 Å². The van der Waals surface area contributed by atoms with Crippen LogP contribution in [0.4, 0.5) is 85.3 Å². The van der Waals surface area contributed by atoms with E-state index < -0.39 is 0 Å². The van der Waals surface area contributed by atoms with Crippen molar-refractivity contribution in [3.05, 3.63) is 309 Å². The summed E-state index contributed by atoms with van der Waals surface area (Å²) in [5.74, 6) is 1.68. The summed E-state index contributed by atoms with van der Waals surface area (Å²) >= 11 is 0.123. The maximum Gasteiger partial charge on any atom is -0.0380 e. The summed E-state index contributed by atoms with van der Waals surface area (Å²) in [7, 11) is 0. The summed E-state index contributed by atoms with van der Waals surface area (Å²) in [6, 6.07) is 114. The number of nitrogens with zero attached hydrogens (tertiary/aromatic N) is 5. The summed E-state index contributed by atoms with van der Waals surface area (Å²) in [5.41, 5.74) is 23.7. The van der Waals surface area contributed by atoms with Crippen molar-refractivity contribution in [2.45, 2.75) is 0 Å². The molecule has 18 rings (SSSR count). The van der Waals surface area contributed by atoms with Crippen molar-refractivity contribution in [2.75, 3.05) is 24.5 Å². The zero-order chi connectivity index (χ0) is 57.1. The molecule has 0 amide bonds. The number of rotatable bonds is 9. The van der Waals surface area contributed by atoms with E-state index in [9.17, 15) is 0 Å². The molecule has 0 spiro atoms. The van der Waals surface area contributed by atoms with Gasteiger partial charge >= 0.3 is 401 Å². The van der Waals surface area contributed by atoms with E-state index in [2.05, 4.69) is 334 Å². The molecule has 0 saturated heterocycles. The number of para-hydroxylation sites is 8. The van der Waals surface area contributed by atoms with E-state index in [0.717, 1.165) is 108 Å². The number of anilines is 15. The van der Waals surface area contributed by atoms with Crippen LogP contribution >= 0.6 is 0 Å². The molecule has 0 unspecified atom stereocenters. The van der Waals surface area contributed by atoms with Gasteiger partial charge in [0.05, 0.1) is 0 Å². The standard InChI is InChI=1S/C78H51B2N5OSe/c1-7-26-52(27-8-1)81(53-28-9-2-10-29-53)58-46-69-77-70(47-58)85(67-43-25-45-75-76(67)60-38-19-24-44-74(60)87-75)68-51-72-64(50-63(68)79(77)61-39-20-22-41-65(61)83(69)56-34-15-5-16-35-56)80-62-40-21-23-42-66(62)84(57-36-17-6-18-37-57)71-48-59(49-73(86-72)78(71)80)82(54-30-11-3-12-31-54)55-32-13-4-14-33-55/h1-51H. The molecule has 13 aromatic carbocycles. The van der Waals surface area contributed by atoms with Gasteiger partial charge in [0.1, 0.15) is 0 Å². The topological polar surface area (TPSA) is 25.4 Å². The Morgan fingerprint density at radius 3 is 1.25 bits per heavy atom. The average Bonchev–Trinajstić information content (AvgIpc) is 0.805. The fourth-order valence-electron chi connectivity index (χ4n) is 14.5. The zero-order valence-corrected chi connectivity index (χ0v) is 48.9. The zero-order valence-electron chi connectivity index (χ0n) is 47.2. The molecule has 0 bridgehead atoms. The Hall–Kier alpha value is -10.7. The van der Waals surface area contributed by atoms with E-state index in [0.29, 0.717) is 0 Å². The normalized spacial score (nSPS) is 13.0. The Morgan fingerprint density at radius 1 is 0.276 bits per heavy atom. The van der Waals surface area contributed by atoms with Crippen molar-refractivity contribution in [1.29, 1.82) is 0 Å². The molecule has 6 nitrogen and oxygen atoms in total. The minimum absolute atomic E-state index is 0.123. The molecule has 5 heterocycles. The smallest absolute Gasteiger partial charge is 0.0380 e. The van der Waals surface area contributed by atoms with Crippen LogP contribution in [0.3, 0.4) is 0 Å². The molecule has 406 valence electrons. The van der Waals surface area contributed by atoms with Crippen LogP contribution in [0, 0.1) is 0 Å². The molecule has 1 aromatic heterocycles. The van der Waals surface area contributed by atoms with Crippen molar-refractivity contribution >= 4 is 165 Å². The first kappa shape index (κ1) is 49.7. The summed E-state index contributed by atoms with van der Waals surface area (Å²) < 4.78 is 10.6. The van der Waals surface area contributed by atoms with Crippen molar-refractivity contribution < 1.29 is 4.74 Å². The monoisotopic (exact) mass is 1180 g/mol. The maximum absolute atomic E-state index is 7.81. The second-order valence-corrected chi connectivity index (χ2v) is 25.0.